The van der Waals surface area contributed by atoms with Crippen LogP contribution in [0.5, 0.6) is 0 Å². The topological polar surface area (TPSA) is 84.0 Å². The number of rotatable bonds is 6. The monoisotopic (exact) mass is 388 g/mol. The molecule has 6 nitrogen and oxygen atoms in total. The van der Waals surface area contributed by atoms with Gasteiger partial charge >= 0.3 is 0 Å². The van der Waals surface area contributed by atoms with Crippen molar-refractivity contribution in [3.8, 4) is 11.3 Å². The number of pyridine rings is 1. The van der Waals surface area contributed by atoms with E-state index in [4.69, 9.17) is 0 Å². The number of nitrogens with zero attached hydrogens (tertiary/aromatic N) is 2. The maximum atomic E-state index is 13.5. The van der Waals surface area contributed by atoms with Gasteiger partial charge in [-0.25, -0.2) is 13.8 Å². The van der Waals surface area contributed by atoms with Gasteiger partial charge in [0, 0.05) is 42.4 Å². The van der Waals surface area contributed by atoms with E-state index in [0.717, 1.165) is 17.7 Å². The normalized spacial score (nSPS) is 10.4. The number of carbonyl (C=O) groups excluding carboxylic acids is 2. The van der Waals surface area contributed by atoms with E-state index >= 15 is 0 Å². The lowest BCUT2D eigenvalue weighted by atomic mass is 10.2. The zero-order chi connectivity index (χ0) is 19.2. The Balaban J connectivity index is 1.49. The molecule has 138 valence electrons. The summed E-state index contributed by atoms with van der Waals surface area (Å²) < 4.78 is 26.4. The lowest BCUT2D eigenvalue weighted by Crippen LogP contribution is -2.28. The van der Waals surface area contributed by atoms with Crippen LogP contribution < -0.4 is 10.6 Å². The number of nitrogens with one attached hydrogen (secondary N) is 2. The summed E-state index contributed by atoms with van der Waals surface area (Å²) in [6.45, 7) is 0.00230. The molecule has 0 aliphatic carbocycles. The highest BCUT2D eigenvalue weighted by Crippen LogP contribution is 2.24. The second-order valence-electron chi connectivity index (χ2n) is 5.46. The highest BCUT2D eigenvalue weighted by molar-refractivity contribution is 7.14. The Labute approximate surface area is 157 Å². The number of halogens is 2. The van der Waals surface area contributed by atoms with Crippen molar-refractivity contribution in [2.75, 3.05) is 11.9 Å². The first-order valence-electron chi connectivity index (χ1n) is 7.92. The Hall–Kier alpha value is -3.20. The van der Waals surface area contributed by atoms with Crippen molar-refractivity contribution in [1.82, 2.24) is 15.3 Å². The van der Waals surface area contributed by atoms with Crippen molar-refractivity contribution < 1.29 is 18.4 Å². The molecule has 1 aromatic carbocycles. The molecule has 2 N–H and O–H groups in total. The van der Waals surface area contributed by atoms with E-state index in [0.29, 0.717) is 16.9 Å². The van der Waals surface area contributed by atoms with Crippen LogP contribution in [0.1, 0.15) is 16.8 Å². The molecule has 3 aromatic rings. The van der Waals surface area contributed by atoms with Gasteiger partial charge in [-0.05, 0) is 24.3 Å². The third kappa shape index (κ3) is 4.91. The molecule has 0 saturated carbocycles. The van der Waals surface area contributed by atoms with E-state index in [1.807, 2.05) is 6.07 Å². The number of thiazole rings is 1. The molecule has 0 spiro atoms. The van der Waals surface area contributed by atoms with Crippen LogP contribution in [0.4, 0.5) is 13.9 Å². The van der Waals surface area contributed by atoms with Gasteiger partial charge in [-0.1, -0.05) is 0 Å². The fourth-order valence-electron chi connectivity index (χ4n) is 2.22. The Kier molecular flexibility index (Phi) is 5.82. The van der Waals surface area contributed by atoms with E-state index in [1.54, 1.807) is 23.8 Å². The fraction of sp³-hybridized carbons (Fsp3) is 0.111. The first kappa shape index (κ1) is 18.6. The number of anilines is 1. The van der Waals surface area contributed by atoms with Crippen molar-refractivity contribution >= 4 is 28.3 Å². The summed E-state index contributed by atoms with van der Waals surface area (Å²) in [7, 11) is 0. The third-order valence-corrected chi connectivity index (χ3v) is 4.28. The smallest absolute Gasteiger partial charge is 0.254 e. The van der Waals surface area contributed by atoms with Gasteiger partial charge < -0.3 is 10.6 Å². The molecule has 0 aliphatic rings. The third-order valence-electron chi connectivity index (χ3n) is 3.52. The van der Waals surface area contributed by atoms with Crippen molar-refractivity contribution in [3.05, 3.63) is 65.3 Å². The number of benzene rings is 1. The average molecular weight is 388 g/mol. The van der Waals surface area contributed by atoms with Crippen LogP contribution in [0.2, 0.25) is 0 Å². The second-order valence-corrected chi connectivity index (χ2v) is 6.32. The minimum atomic E-state index is -0.956. The second kappa shape index (κ2) is 8.45. The Morgan fingerprint density at radius 2 is 2.04 bits per heavy atom. The van der Waals surface area contributed by atoms with Crippen LogP contribution in [-0.4, -0.2) is 28.3 Å². The van der Waals surface area contributed by atoms with E-state index in [1.165, 1.54) is 11.3 Å². The quantitative estimate of drug-likeness (QED) is 0.679. The molecule has 0 saturated heterocycles. The average Bonchev–Trinajstić information content (AvgIpc) is 3.10. The molecular formula is C18H14F2N4O2S. The van der Waals surface area contributed by atoms with Gasteiger partial charge in [0.1, 0.15) is 11.6 Å². The molecule has 27 heavy (non-hydrogen) atoms. The molecule has 0 bridgehead atoms. The number of hydrogen-bond acceptors (Lipinski definition) is 5. The first-order valence-corrected chi connectivity index (χ1v) is 8.80. The predicted molar refractivity (Wildman–Crippen MR) is 97.3 cm³/mol. The van der Waals surface area contributed by atoms with E-state index < -0.39 is 17.5 Å². The molecule has 2 heterocycles. The van der Waals surface area contributed by atoms with E-state index in [9.17, 15) is 18.4 Å². The van der Waals surface area contributed by atoms with Gasteiger partial charge in [0.15, 0.2) is 5.13 Å². The molecule has 2 aromatic heterocycles. The molecule has 0 fully saturated rings. The molecule has 3 rings (SSSR count). The van der Waals surface area contributed by atoms with Gasteiger partial charge in [0.25, 0.3) is 5.91 Å². The summed E-state index contributed by atoms with van der Waals surface area (Å²) in [5.74, 6) is -2.78. The van der Waals surface area contributed by atoms with Gasteiger partial charge in [0.2, 0.25) is 5.91 Å². The Morgan fingerprint density at radius 3 is 2.78 bits per heavy atom. The minimum Gasteiger partial charge on any atom is -0.351 e. The van der Waals surface area contributed by atoms with Gasteiger partial charge in [-0.2, -0.15) is 0 Å². The first-order chi connectivity index (χ1) is 13.0. The standard InChI is InChI=1S/C18H14F2N4O2S/c19-12-3-4-13(14(20)8-12)17(26)22-7-5-16(25)24-18-23-15(10-27-18)11-2-1-6-21-9-11/h1-4,6,8-10H,5,7H2,(H,22,26)(H,23,24,25). The van der Waals surface area contributed by atoms with E-state index in [-0.39, 0.29) is 24.4 Å². The van der Waals surface area contributed by atoms with Gasteiger partial charge in [-0.3, -0.25) is 14.6 Å². The fourth-order valence-corrected chi connectivity index (χ4v) is 2.95. The summed E-state index contributed by atoms with van der Waals surface area (Å²) >= 11 is 1.27. The molecular weight excluding hydrogens is 374 g/mol. The zero-order valence-corrected chi connectivity index (χ0v) is 14.7. The number of carbonyl (C=O) groups is 2. The maximum Gasteiger partial charge on any atom is 0.254 e. The number of aromatic nitrogens is 2. The lowest BCUT2D eigenvalue weighted by Gasteiger charge is -2.06. The number of amides is 2. The molecule has 0 unspecified atom stereocenters. The molecule has 0 atom stereocenters. The lowest BCUT2D eigenvalue weighted by molar-refractivity contribution is -0.116. The SMILES string of the molecule is O=C(CCNC(=O)c1ccc(F)cc1F)Nc1nc(-c2cccnc2)cs1. The van der Waals surface area contributed by atoms with Crippen molar-refractivity contribution in [2.24, 2.45) is 0 Å². The zero-order valence-electron chi connectivity index (χ0n) is 13.9. The number of hydrogen-bond donors (Lipinski definition) is 2. The van der Waals surface area contributed by atoms with Crippen LogP contribution in [0.3, 0.4) is 0 Å². The summed E-state index contributed by atoms with van der Waals surface area (Å²) in [4.78, 5) is 32.1. The Morgan fingerprint density at radius 1 is 1.19 bits per heavy atom. The van der Waals surface area contributed by atoms with Crippen LogP contribution in [0.15, 0.2) is 48.1 Å². The van der Waals surface area contributed by atoms with E-state index in [2.05, 4.69) is 20.6 Å². The van der Waals surface area contributed by atoms with Crippen LogP contribution in [-0.2, 0) is 4.79 Å². The van der Waals surface area contributed by atoms with Gasteiger partial charge in [-0.15, -0.1) is 11.3 Å². The van der Waals surface area contributed by atoms with Crippen molar-refractivity contribution in [1.29, 1.82) is 0 Å². The summed E-state index contributed by atoms with van der Waals surface area (Å²) in [6, 6.07) is 6.32. The highest BCUT2D eigenvalue weighted by Gasteiger charge is 2.13. The summed E-state index contributed by atoms with van der Waals surface area (Å²) in [5, 5.41) is 7.28. The summed E-state index contributed by atoms with van der Waals surface area (Å²) in [5.41, 5.74) is 1.25. The van der Waals surface area contributed by atoms with Crippen molar-refractivity contribution in [2.45, 2.75) is 6.42 Å². The molecule has 0 aliphatic heterocycles. The Bertz CT molecular complexity index is 963. The van der Waals surface area contributed by atoms with Crippen LogP contribution in [0, 0.1) is 11.6 Å². The maximum absolute atomic E-state index is 13.5. The summed E-state index contributed by atoms with van der Waals surface area (Å²) in [6.07, 6.45) is 3.31. The molecule has 2 amide bonds. The largest absolute Gasteiger partial charge is 0.351 e. The van der Waals surface area contributed by atoms with Gasteiger partial charge in [0.05, 0.1) is 11.3 Å². The van der Waals surface area contributed by atoms with Crippen LogP contribution >= 0.6 is 11.3 Å². The molecule has 9 heteroatoms. The van der Waals surface area contributed by atoms with Crippen LogP contribution in [0.25, 0.3) is 11.3 Å². The molecule has 0 radical (unpaired) electrons. The predicted octanol–water partition coefficient (Wildman–Crippen LogP) is 3.24. The van der Waals surface area contributed by atoms with Crippen molar-refractivity contribution in [3.63, 3.8) is 0 Å². The minimum absolute atomic E-state index is 0.00230. The highest BCUT2D eigenvalue weighted by atomic mass is 32.1.